The third-order valence-corrected chi connectivity index (χ3v) is 4.87. The fourth-order valence-electron chi connectivity index (χ4n) is 1.93. The Balaban J connectivity index is 1.95. The zero-order chi connectivity index (χ0) is 12.3. The van der Waals surface area contributed by atoms with Gasteiger partial charge >= 0.3 is 0 Å². The first-order valence-electron chi connectivity index (χ1n) is 5.75. The Morgan fingerprint density at radius 1 is 1.65 bits per heavy atom. The highest BCUT2D eigenvalue weighted by molar-refractivity contribution is 7.90. The number of nitrogens with zero attached hydrogens (tertiary/aromatic N) is 2. The summed E-state index contributed by atoms with van der Waals surface area (Å²) in [6, 6.07) is 0. The SMILES string of the molecule is Cn1ccnc1CNS(=O)(=O)C1CCCNC1. The van der Waals surface area contributed by atoms with E-state index in [0.29, 0.717) is 6.54 Å². The molecule has 1 aliphatic heterocycles. The second-order valence-corrected chi connectivity index (χ2v) is 6.33. The number of piperidine rings is 1. The first-order valence-corrected chi connectivity index (χ1v) is 7.29. The molecule has 0 radical (unpaired) electrons. The summed E-state index contributed by atoms with van der Waals surface area (Å²) in [5, 5.41) is 2.78. The molecule has 1 atom stereocenters. The van der Waals surface area contributed by atoms with Gasteiger partial charge in [0.2, 0.25) is 10.0 Å². The zero-order valence-corrected chi connectivity index (χ0v) is 10.7. The van der Waals surface area contributed by atoms with Crippen molar-refractivity contribution in [3.8, 4) is 0 Å². The van der Waals surface area contributed by atoms with E-state index in [9.17, 15) is 8.42 Å². The Morgan fingerprint density at radius 3 is 3.06 bits per heavy atom. The molecule has 1 aliphatic rings. The number of sulfonamides is 1. The lowest BCUT2D eigenvalue weighted by Crippen LogP contribution is -2.44. The van der Waals surface area contributed by atoms with Crippen LogP contribution in [0.25, 0.3) is 0 Å². The van der Waals surface area contributed by atoms with Crippen molar-refractivity contribution in [2.45, 2.75) is 24.6 Å². The summed E-state index contributed by atoms with van der Waals surface area (Å²) in [6.07, 6.45) is 5.09. The highest BCUT2D eigenvalue weighted by Gasteiger charge is 2.26. The molecule has 7 heteroatoms. The van der Waals surface area contributed by atoms with Crippen LogP contribution in [0.3, 0.4) is 0 Å². The van der Waals surface area contributed by atoms with Gasteiger partial charge in [0.15, 0.2) is 0 Å². The van der Waals surface area contributed by atoms with Crippen LogP contribution >= 0.6 is 0 Å². The minimum absolute atomic E-state index is 0.252. The maximum absolute atomic E-state index is 12.0. The van der Waals surface area contributed by atoms with Gasteiger partial charge in [-0.1, -0.05) is 0 Å². The molecule has 2 N–H and O–H groups in total. The second-order valence-electron chi connectivity index (χ2n) is 4.29. The molecule has 2 heterocycles. The standard InChI is InChI=1S/C10H18N4O2S/c1-14-6-5-12-10(14)8-13-17(15,16)9-3-2-4-11-7-9/h5-6,9,11,13H,2-4,7-8H2,1H3. The summed E-state index contributed by atoms with van der Waals surface area (Å²) in [5.41, 5.74) is 0. The van der Waals surface area contributed by atoms with Gasteiger partial charge in [-0.2, -0.15) is 0 Å². The summed E-state index contributed by atoms with van der Waals surface area (Å²) in [7, 11) is -1.40. The highest BCUT2D eigenvalue weighted by Crippen LogP contribution is 2.10. The predicted octanol–water partition coefficient (Wildman–Crippen LogP) is -0.408. The third kappa shape index (κ3) is 3.05. The van der Waals surface area contributed by atoms with E-state index in [4.69, 9.17) is 0 Å². The van der Waals surface area contributed by atoms with E-state index >= 15 is 0 Å². The normalized spacial score (nSPS) is 21.6. The van der Waals surface area contributed by atoms with Crippen LogP contribution in [0.4, 0.5) is 0 Å². The van der Waals surface area contributed by atoms with Crippen LogP contribution in [0.1, 0.15) is 18.7 Å². The Hall–Kier alpha value is -0.920. The summed E-state index contributed by atoms with van der Waals surface area (Å²) in [6.45, 7) is 1.70. The number of imidazole rings is 1. The lowest BCUT2D eigenvalue weighted by atomic mass is 10.2. The third-order valence-electron chi connectivity index (χ3n) is 3.04. The molecule has 2 rings (SSSR count). The maximum Gasteiger partial charge on any atom is 0.216 e. The molecule has 0 aromatic carbocycles. The van der Waals surface area contributed by atoms with Crippen LogP contribution < -0.4 is 10.0 Å². The molecule has 17 heavy (non-hydrogen) atoms. The maximum atomic E-state index is 12.0. The second kappa shape index (κ2) is 5.16. The minimum atomic E-state index is -3.24. The fraction of sp³-hybridized carbons (Fsp3) is 0.700. The molecule has 0 bridgehead atoms. The molecule has 1 aromatic heterocycles. The lowest BCUT2D eigenvalue weighted by molar-refractivity contribution is 0.489. The van der Waals surface area contributed by atoms with Gasteiger partial charge in [-0.25, -0.2) is 18.1 Å². The summed E-state index contributed by atoms with van der Waals surface area (Å²) in [4.78, 5) is 4.08. The molecule has 6 nitrogen and oxygen atoms in total. The van der Waals surface area contributed by atoms with Crippen LogP contribution in [-0.2, 0) is 23.6 Å². The number of nitrogens with one attached hydrogen (secondary N) is 2. The van der Waals surface area contributed by atoms with Gasteiger partial charge in [0.05, 0.1) is 11.8 Å². The van der Waals surface area contributed by atoms with E-state index in [0.717, 1.165) is 25.2 Å². The molecular formula is C10H18N4O2S. The first kappa shape index (κ1) is 12.5. The van der Waals surface area contributed by atoms with E-state index < -0.39 is 10.0 Å². The average Bonchev–Trinajstić information content (AvgIpc) is 2.74. The van der Waals surface area contributed by atoms with Gasteiger partial charge in [0.1, 0.15) is 5.82 Å². The van der Waals surface area contributed by atoms with Gasteiger partial charge in [-0.15, -0.1) is 0 Å². The fourth-order valence-corrected chi connectivity index (χ4v) is 3.31. The molecular weight excluding hydrogens is 240 g/mol. The molecule has 0 saturated carbocycles. The molecule has 96 valence electrons. The molecule has 0 spiro atoms. The number of hydrogen-bond donors (Lipinski definition) is 2. The van der Waals surface area contributed by atoms with E-state index in [1.807, 2.05) is 11.6 Å². The van der Waals surface area contributed by atoms with Crippen molar-refractivity contribution in [2.24, 2.45) is 7.05 Å². The van der Waals surface area contributed by atoms with Crippen LogP contribution in [0, 0.1) is 0 Å². The largest absolute Gasteiger partial charge is 0.337 e. The van der Waals surface area contributed by atoms with Crippen LogP contribution in [0.15, 0.2) is 12.4 Å². The van der Waals surface area contributed by atoms with E-state index in [1.165, 1.54) is 0 Å². The predicted molar refractivity (Wildman–Crippen MR) is 64.9 cm³/mol. The smallest absolute Gasteiger partial charge is 0.216 e. The summed E-state index contributed by atoms with van der Waals surface area (Å²) < 4.78 is 28.4. The van der Waals surface area contributed by atoms with Gasteiger partial charge in [0.25, 0.3) is 0 Å². The molecule has 1 fully saturated rings. The quantitative estimate of drug-likeness (QED) is 0.770. The van der Waals surface area contributed by atoms with E-state index in [-0.39, 0.29) is 11.8 Å². The number of hydrogen-bond acceptors (Lipinski definition) is 4. The van der Waals surface area contributed by atoms with Crippen LogP contribution in [-0.4, -0.2) is 36.3 Å². The minimum Gasteiger partial charge on any atom is -0.337 e. The van der Waals surface area contributed by atoms with Crippen LogP contribution in [0.5, 0.6) is 0 Å². The monoisotopic (exact) mass is 258 g/mol. The molecule has 0 amide bonds. The number of aromatic nitrogens is 2. The Labute approximate surface area is 101 Å². The van der Waals surface area contributed by atoms with Crippen LogP contribution in [0.2, 0.25) is 0 Å². The lowest BCUT2D eigenvalue weighted by Gasteiger charge is -2.22. The Bertz CT molecular complexity index is 462. The molecule has 1 saturated heterocycles. The summed E-state index contributed by atoms with van der Waals surface area (Å²) >= 11 is 0. The van der Waals surface area contributed by atoms with Crippen molar-refractivity contribution in [1.82, 2.24) is 19.6 Å². The van der Waals surface area contributed by atoms with Gasteiger partial charge < -0.3 is 9.88 Å². The van der Waals surface area contributed by atoms with Crippen molar-refractivity contribution in [1.29, 1.82) is 0 Å². The van der Waals surface area contributed by atoms with Crippen molar-refractivity contribution in [2.75, 3.05) is 13.1 Å². The number of rotatable bonds is 4. The highest BCUT2D eigenvalue weighted by atomic mass is 32.2. The zero-order valence-electron chi connectivity index (χ0n) is 9.89. The first-order chi connectivity index (χ1) is 8.09. The van der Waals surface area contributed by atoms with Gasteiger partial charge in [-0.05, 0) is 19.4 Å². The molecule has 0 aliphatic carbocycles. The molecule has 1 unspecified atom stereocenters. The summed E-state index contributed by atoms with van der Waals surface area (Å²) in [5.74, 6) is 0.720. The number of aryl methyl sites for hydroxylation is 1. The van der Waals surface area contributed by atoms with E-state index in [1.54, 1.807) is 12.4 Å². The topological polar surface area (TPSA) is 76.0 Å². The van der Waals surface area contributed by atoms with Crippen molar-refractivity contribution in [3.63, 3.8) is 0 Å². The van der Waals surface area contributed by atoms with E-state index in [2.05, 4.69) is 15.0 Å². The average molecular weight is 258 g/mol. The van der Waals surface area contributed by atoms with Crippen molar-refractivity contribution in [3.05, 3.63) is 18.2 Å². The molecule has 1 aromatic rings. The Kier molecular flexibility index (Phi) is 3.80. The Morgan fingerprint density at radius 2 is 2.47 bits per heavy atom. The van der Waals surface area contributed by atoms with Gasteiger partial charge in [0, 0.05) is 26.0 Å². The van der Waals surface area contributed by atoms with Crippen molar-refractivity contribution < 1.29 is 8.42 Å². The van der Waals surface area contributed by atoms with Gasteiger partial charge in [-0.3, -0.25) is 0 Å². The van der Waals surface area contributed by atoms with Crippen molar-refractivity contribution >= 4 is 10.0 Å².